The Labute approximate surface area is 197 Å². The van der Waals surface area contributed by atoms with Crippen molar-refractivity contribution in [2.24, 2.45) is 7.05 Å². The van der Waals surface area contributed by atoms with Crippen LogP contribution in [0.15, 0.2) is 30.6 Å². The minimum Gasteiger partial charge on any atom is -0.395 e. The van der Waals surface area contributed by atoms with Gasteiger partial charge in [-0.3, -0.25) is 9.48 Å². The van der Waals surface area contributed by atoms with Crippen LogP contribution in [0.5, 0.6) is 0 Å². The number of carbonyl (C=O) groups is 1. The molecule has 2 aliphatic heterocycles. The maximum Gasteiger partial charge on any atom is 0.227 e. The van der Waals surface area contributed by atoms with Gasteiger partial charge in [-0.25, -0.2) is 9.97 Å². The number of nitrogens with zero attached hydrogens (tertiary/aromatic N) is 6. The molecule has 1 aromatic carbocycles. The van der Waals surface area contributed by atoms with E-state index in [0.29, 0.717) is 36.7 Å². The molecule has 0 saturated carbocycles. The fourth-order valence-corrected chi connectivity index (χ4v) is 4.57. The van der Waals surface area contributed by atoms with Crippen molar-refractivity contribution in [3.8, 4) is 17.3 Å². The van der Waals surface area contributed by atoms with Crippen LogP contribution in [0.25, 0.3) is 11.3 Å². The molecular formula is C24H26N8O2. The van der Waals surface area contributed by atoms with E-state index in [2.05, 4.69) is 31.8 Å². The number of carbonyl (C=O) groups excluding carboxylic acids is 1. The van der Waals surface area contributed by atoms with E-state index in [1.807, 2.05) is 31.1 Å². The van der Waals surface area contributed by atoms with Crippen molar-refractivity contribution in [2.75, 3.05) is 30.3 Å². The number of aryl methyl sites for hydroxylation is 1. The number of hydrogen-bond acceptors (Lipinski definition) is 8. The third-order valence-electron chi connectivity index (χ3n) is 6.53. The number of rotatable bonds is 6. The number of benzene rings is 1. The van der Waals surface area contributed by atoms with Gasteiger partial charge < -0.3 is 20.6 Å². The van der Waals surface area contributed by atoms with Crippen molar-refractivity contribution in [1.29, 1.82) is 5.26 Å². The maximum atomic E-state index is 12.1. The summed E-state index contributed by atoms with van der Waals surface area (Å²) >= 11 is 0. The number of nitriles is 1. The van der Waals surface area contributed by atoms with E-state index >= 15 is 0 Å². The van der Waals surface area contributed by atoms with E-state index in [1.54, 1.807) is 23.0 Å². The third kappa shape index (κ3) is 3.84. The highest BCUT2D eigenvalue weighted by Crippen LogP contribution is 2.41. The van der Waals surface area contributed by atoms with E-state index in [4.69, 9.17) is 0 Å². The Bertz CT molecular complexity index is 1310. The summed E-state index contributed by atoms with van der Waals surface area (Å²) < 4.78 is 1.70. The molecule has 0 spiro atoms. The summed E-state index contributed by atoms with van der Waals surface area (Å²) in [5.74, 6) is 0.533. The fourth-order valence-electron chi connectivity index (χ4n) is 4.57. The van der Waals surface area contributed by atoms with Gasteiger partial charge in [-0.1, -0.05) is 6.92 Å². The van der Waals surface area contributed by atoms with Crippen LogP contribution in [0.2, 0.25) is 0 Å². The number of fused-ring (bicyclic) bond motifs is 1. The second kappa shape index (κ2) is 8.43. The number of hydrogen-bond donors (Lipinski definition) is 3. The number of aliphatic hydroxyl groups excluding tert-OH is 1. The summed E-state index contributed by atoms with van der Waals surface area (Å²) in [6.07, 6.45) is 4.95. The van der Waals surface area contributed by atoms with E-state index in [0.717, 1.165) is 41.2 Å². The molecular weight excluding hydrogens is 432 g/mol. The van der Waals surface area contributed by atoms with Crippen LogP contribution in [-0.2, 0) is 23.8 Å². The first-order valence-electron chi connectivity index (χ1n) is 11.2. The van der Waals surface area contributed by atoms with Gasteiger partial charge in [0.2, 0.25) is 11.9 Å². The van der Waals surface area contributed by atoms with E-state index in [-0.39, 0.29) is 12.5 Å². The molecule has 3 aromatic rings. The van der Waals surface area contributed by atoms with Crippen LogP contribution >= 0.6 is 0 Å². The highest BCUT2D eigenvalue weighted by molar-refractivity contribution is 5.78. The van der Waals surface area contributed by atoms with Gasteiger partial charge in [-0.05, 0) is 30.2 Å². The predicted molar refractivity (Wildman–Crippen MR) is 126 cm³/mol. The molecule has 0 aliphatic carbocycles. The zero-order valence-electron chi connectivity index (χ0n) is 19.2. The van der Waals surface area contributed by atoms with Crippen molar-refractivity contribution >= 4 is 23.2 Å². The van der Waals surface area contributed by atoms with E-state index in [9.17, 15) is 15.2 Å². The third-order valence-corrected chi connectivity index (χ3v) is 6.53. The average molecular weight is 459 g/mol. The Morgan fingerprint density at radius 2 is 2.24 bits per heavy atom. The summed E-state index contributed by atoms with van der Waals surface area (Å²) in [5, 5.41) is 30.7. The van der Waals surface area contributed by atoms with Gasteiger partial charge in [0.25, 0.3) is 0 Å². The summed E-state index contributed by atoms with van der Waals surface area (Å²) in [6, 6.07) is 7.83. The van der Waals surface area contributed by atoms with Crippen molar-refractivity contribution in [2.45, 2.75) is 31.7 Å². The molecule has 2 aliphatic rings. The largest absolute Gasteiger partial charge is 0.395 e. The van der Waals surface area contributed by atoms with Crippen molar-refractivity contribution in [1.82, 2.24) is 24.6 Å². The van der Waals surface area contributed by atoms with Gasteiger partial charge >= 0.3 is 0 Å². The molecule has 1 amide bonds. The molecule has 10 nitrogen and oxygen atoms in total. The highest BCUT2D eigenvalue weighted by atomic mass is 16.3. The minimum atomic E-state index is -0.470. The number of likely N-dealkylation sites (tertiary alicyclic amines) is 1. The molecule has 34 heavy (non-hydrogen) atoms. The summed E-state index contributed by atoms with van der Waals surface area (Å²) in [7, 11) is 1.83. The van der Waals surface area contributed by atoms with Crippen LogP contribution in [0.4, 0.5) is 17.3 Å². The molecule has 1 saturated heterocycles. The second-order valence-electron chi connectivity index (χ2n) is 9.10. The van der Waals surface area contributed by atoms with Gasteiger partial charge in [-0.15, -0.1) is 0 Å². The summed E-state index contributed by atoms with van der Waals surface area (Å²) in [6.45, 7) is 3.68. The molecule has 0 unspecified atom stereocenters. The zero-order valence-corrected chi connectivity index (χ0v) is 19.2. The lowest BCUT2D eigenvalue weighted by Crippen LogP contribution is -2.28. The predicted octanol–water partition coefficient (Wildman–Crippen LogP) is 2.29. The van der Waals surface area contributed by atoms with Crippen LogP contribution in [0.1, 0.15) is 36.6 Å². The maximum absolute atomic E-state index is 12.1. The Morgan fingerprint density at radius 3 is 2.97 bits per heavy atom. The molecule has 10 heteroatoms. The summed E-state index contributed by atoms with van der Waals surface area (Å²) in [5.41, 5.74) is 4.64. The lowest BCUT2D eigenvalue weighted by molar-refractivity contribution is -0.128. The fraction of sp³-hybridized carbons (Fsp3) is 0.375. The first kappa shape index (κ1) is 21.9. The van der Waals surface area contributed by atoms with Crippen molar-refractivity contribution in [3.05, 3.63) is 47.4 Å². The number of amides is 1. The Hall–Kier alpha value is -3.97. The first-order chi connectivity index (χ1) is 16.4. The van der Waals surface area contributed by atoms with Crippen LogP contribution in [0, 0.1) is 11.3 Å². The molecule has 4 heterocycles. The SMILES string of the molecule is Cn1cc(Nc2nccc(-c3cc(C#N)c4c(c3)[C@@](C)(CO)CN4)n2)c(CN2CCCC2=O)n1. The Kier molecular flexibility index (Phi) is 5.42. The Morgan fingerprint density at radius 1 is 1.38 bits per heavy atom. The van der Waals surface area contributed by atoms with E-state index < -0.39 is 5.41 Å². The zero-order chi connectivity index (χ0) is 23.9. The number of anilines is 3. The van der Waals surface area contributed by atoms with Gasteiger partial charge in [0.1, 0.15) is 11.8 Å². The van der Waals surface area contributed by atoms with Crippen molar-refractivity contribution < 1.29 is 9.90 Å². The van der Waals surface area contributed by atoms with E-state index in [1.165, 1.54) is 0 Å². The van der Waals surface area contributed by atoms with Gasteiger partial charge in [0.05, 0.1) is 35.8 Å². The molecule has 1 atom stereocenters. The number of aliphatic hydroxyl groups is 1. The molecule has 3 N–H and O–H groups in total. The first-order valence-corrected chi connectivity index (χ1v) is 11.2. The average Bonchev–Trinajstić information content (AvgIpc) is 3.51. The van der Waals surface area contributed by atoms with Gasteiger partial charge in [0, 0.05) is 49.9 Å². The van der Waals surface area contributed by atoms with Crippen molar-refractivity contribution in [3.63, 3.8) is 0 Å². The normalized spacial score (nSPS) is 19.1. The summed E-state index contributed by atoms with van der Waals surface area (Å²) in [4.78, 5) is 22.9. The second-order valence-corrected chi connectivity index (χ2v) is 9.10. The van der Waals surface area contributed by atoms with Gasteiger partial charge in [0.15, 0.2) is 0 Å². The topological polar surface area (TPSA) is 132 Å². The molecule has 174 valence electrons. The molecule has 1 fully saturated rings. The number of aromatic nitrogens is 4. The smallest absolute Gasteiger partial charge is 0.227 e. The van der Waals surface area contributed by atoms with Crippen LogP contribution in [-0.4, -0.2) is 55.4 Å². The van der Waals surface area contributed by atoms with Crippen LogP contribution < -0.4 is 10.6 Å². The standard InChI is InChI=1S/C24H26N8O2/c1-24(14-33)13-27-22-16(10-25)8-15(9-17(22)24)18-5-6-26-23(28-18)29-19-11-31(2)30-20(19)12-32-7-3-4-21(32)34/h5-6,8-9,11,27,33H,3-4,7,12-14H2,1-2H3,(H,26,28,29)/t24-/m1/s1. The number of nitrogens with one attached hydrogen (secondary N) is 2. The lowest BCUT2D eigenvalue weighted by Gasteiger charge is -2.21. The quantitative estimate of drug-likeness (QED) is 0.513. The Balaban J connectivity index is 1.46. The van der Waals surface area contributed by atoms with Crippen LogP contribution in [0.3, 0.4) is 0 Å². The van der Waals surface area contributed by atoms with Gasteiger partial charge in [-0.2, -0.15) is 10.4 Å². The molecule has 0 radical (unpaired) electrons. The molecule has 5 rings (SSSR count). The molecule has 0 bridgehead atoms. The minimum absolute atomic E-state index is 0.0266. The highest BCUT2D eigenvalue weighted by Gasteiger charge is 2.36. The lowest BCUT2D eigenvalue weighted by atomic mass is 9.83. The monoisotopic (exact) mass is 458 g/mol. The molecule has 2 aromatic heterocycles.